The maximum Gasteiger partial charge on any atom is 0.325 e. The summed E-state index contributed by atoms with van der Waals surface area (Å²) in [6, 6.07) is 19.7. The highest BCUT2D eigenvalue weighted by Gasteiger charge is 2.49. The lowest BCUT2D eigenvalue weighted by atomic mass is 9.92. The van der Waals surface area contributed by atoms with Gasteiger partial charge in [0.1, 0.15) is 23.7 Å². The number of ether oxygens (including phenoxy) is 1. The minimum absolute atomic E-state index is 0.427. The van der Waals surface area contributed by atoms with Crippen LogP contribution in [0.1, 0.15) is 23.6 Å². The third-order valence-electron chi connectivity index (χ3n) is 5.80. The summed E-state index contributed by atoms with van der Waals surface area (Å²) in [6.07, 6.45) is 0.608. The Morgan fingerprint density at radius 3 is 2.44 bits per heavy atom. The van der Waals surface area contributed by atoms with Crippen molar-refractivity contribution in [1.29, 1.82) is 0 Å². The van der Waals surface area contributed by atoms with Crippen LogP contribution in [0.5, 0.6) is 5.75 Å². The van der Waals surface area contributed by atoms with E-state index >= 15 is 0 Å². The van der Waals surface area contributed by atoms with Crippen molar-refractivity contribution in [2.75, 3.05) is 19.0 Å². The zero-order valence-corrected chi connectivity index (χ0v) is 18.8. The Kier molecular flexibility index (Phi) is 6.32. The number of hydrogen-bond donors (Lipinski definition) is 2. The van der Waals surface area contributed by atoms with Gasteiger partial charge in [-0.15, -0.1) is 0 Å². The molecule has 0 spiro atoms. The highest BCUT2D eigenvalue weighted by molar-refractivity contribution is 6.10. The second kappa shape index (κ2) is 9.35. The molecule has 1 heterocycles. The molecule has 174 valence electrons. The lowest BCUT2D eigenvalue weighted by molar-refractivity contribution is -0.133. The van der Waals surface area contributed by atoms with E-state index in [1.54, 1.807) is 25.3 Å². The van der Waals surface area contributed by atoms with E-state index in [0.29, 0.717) is 23.4 Å². The smallest absolute Gasteiger partial charge is 0.325 e. The van der Waals surface area contributed by atoms with Crippen LogP contribution in [0.3, 0.4) is 0 Å². The Labute approximate surface area is 196 Å². The van der Waals surface area contributed by atoms with Crippen LogP contribution in [0.25, 0.3) is 0 Å². The number of nitrogens with one attached hydrogen (secondary N) is 2. The van der Waals surface area contributed by atoms with Gasteiger partial charge in [-0.2, -0.15) is 0 Å². The molecular weight excluding hydrogens is 437 g/mol. The normalized spacial score (nSPS) is 17.4. The SMILES string of the molecule is COc1ccc(NC(=O)CN2C(=O)NC(C)(c3ccc(F)cc3)C2=O)cc1Cc1ccccc1. The Hall–Kier alpha value is -4.20. The third-order valence-corrected chi connectivity index (χ3v) is 5.80. The van der Waals surface area contributed by atoms with Crippen LogP contribution in [0.2, 0.25) is 0 Å². The Morgan fingerprint density at radius 2 is 1.76 bits per heavy atom. The second-order valence-corrected chi connectivity index (χ2v) is 8.19. The van der Waals surface area contributed by atoms with Crippen molar-refractivity contribution in [3.05, 3.63) is 95.3 Å². The lowest BCUT2D eigenvalue weighted by Crippen LogP contribution is -2.42. The van der Waals surface area contributed by atoms with Crippen LogP contribution in [0.15, 0.2) is 72.8 Å². The van der Waals surface area contributed by atoms with Gasteiger partial charge in [-0.1, -0.05) is 42.5 Å². The van der Waals surface area contributed by atoms with Crippen LogP contribution in [0.4, 0.5) is 14.9 Å². The van der Waals surface area contributed by atoms with Gasteiger partial charge in [-0.3, -0.25) is 14.5 Å². The molecule has 3 aromatic rings. The minimum atomic E-state index is -1.38. The second-order valence-electron chi connectivity index (χ2n) is 8.19. The van der Waals surface area contributed by atoms with Crippen LogP contribution in [-0.4, -0.2) is 36.4 Å². The number of benzene rings is 3. The number of nitrogens with zero attached hydrogens (tertiary/aromatic N) is 1. The van der Waals surface area contributed by atoms with Crippen molar-refractivity contribution in [1.82, 2.24) is 10.2 Å². The molecule has 1 fully saturated rings. The van der Waals surface area contributed by atoms with Crippen molar-refractivity contribution in [2.24, 2.45) is 0 Å². The summed E-state index contributed by atoms with van der Waals surface area (Å²) < 4.78 is 18.7. The largest absolute Gasteiger partial charge is 0.496 e. The molecule has 4 rings (SSSR count). The van der Waals surface area contributed by atoms with Gasteiger partial charge in [0.2, 0.25) is 5.91 Å². The van der Waals surface area contributed by atoms with Crippen LogP contribution >= 0.6 is 0 Å². The predicted octanol–water partition coefficient (Wildman–Crippen LogP) is 3.83. The number of urea groups is 1. The molecule has 2 N–H and O–H groups in total. The molecule has 0 aliphatic carbocycles. The van der Waals surface area contributed by atoms with E-state index in [0.717, 1.165) is 16.0 Å². The quantitative estimate of drug-likeness (QED) is 0.524. The van der Waals surface area contributed by atoms with E-state index in [9.17, 15) is 18.8 Å². The molecule has 34 heavy (non-hydrogen) atoms. The summed E-state index contributed by atoms with van der Waals surface area (Å²) in [4.78, 5) is 39.1. The standard InChI is InChI=1S/C26H24FN3O4/c1-26(19-8-10-20(27)11-9-19)24(32)30(25(33)29-26)16-23(31)28-21-12-13-22(34-2)18(15-21)14-17-6-4-3-5-7-17/h3-13,15H,14,16H2,1-2H3,(H,28,31)(H,29,33). The summed E-state index contributed by atoms with van der Waals surface area (Å²) in [7, 11) is 1.58. The number of carbonyl (C=O) groups is 3. The Bertz CT molecular complexity index is 1230. The number of halogens is 1. The molecular formula is C26H24FN3O4. The molecule has 1 atom stereocenters. The summed E-state index contributed by atoms with van der Waals surface area (Å²) in [6.45, 7) is 1.07. The van der Waals surface area contributed by atoms with E-state index in [4.69, 9.17) is 4.74 Å². The maximum absolute atomic E-state index is 13.3. The van der Waals surface area contributed by atoms with Crippen molar-refractivity contribution in [3.8, 4) is 5.75 Å². The van der Waals surface area contributed by atoms with Gasteiger partial charge < -0.3 is 15.4 Å². The van der Waals surface area contributed by atoms with Gasteiger partial charge in [0.25, 0.3) is 5.91 Å². The van der Waals surface area contributed by atoms with Crippen molar-refractivity contribution >= 4 is 23.5 Å². The van der Waals surface area contributed by atoms with Gasteiger partial charge in [-0.05, 0) is 48.4 Å². The number of carbonyl (C=O) groups excluding carboxylic acids is 3. The summed E-state index contributed by atoms with van der Waals surface area (Å²) >= 11 is 0. The topological polar surface area (TPSA) is 87.7 Å². The van der Waals surface area contributed by atoms with Gasteiger partial charge in [-0.25, -0.2) is 9.18 Å². The molecule has 0 bridgehead atoms. The highest BCUT2D eigenvalue weighted by atomic mass is 19.1. The van der Waals surface area contributed by atoms with Crippen LogP contribution in [-0.2, 0) is 21.5 Å². The molecule has 3 aromatic carbocycles. The van der Waals surface area contributed by atoms with E-state index in [1.807, 2.05) is 30.3 Å². The fraction of sp³-hybridized carbons (Fsp3) is 0.192. The average Bonchev–Trinajstić information content (AvgIpc) is 3.04. The molecule has 1 aliphatic rings. The number of imide groups is 1. The van der Waals surface area contributed by atoms with Crippen molar-refractivity contribution < 1.29 is 23.5 Å². The monoisotopic (exact) mass is 461 g/mol. The van der Waals surface area contributed by atoms with E-state index in [-0.39, 0.29) is 0 Å². The van der Waals surface area contributed by atoms with E-state index in [1.165, 1.54) is 31.2 Å². The first kappa shape index (κ1) is 23.0. The van der Waals surface area contributed by atoms with Gasteiger partial charge in [0.05, 0.1) is 7.11 Å². The Balaban J connectivity index is 1.47. The predicted molar refractivity (Wildman–Crippen MR) is 125 cm³/mol. The first-order valence-electron chi connectivity index (χ1n) is 10.7. The van der Waals surface area contributed by atoms with E-state index in [2.05, 4.69) is 10.6 Å². The molecule has 0 saturated carbocycles. The first-order chi connectivity index (χ1) is 16.3. The lowest BCUT2D eigenvalue weighted by Gasteiger charge is -2.22. The van der Waals surface area contributed by atoms with Crippen molar-refractivity contribution in [3.63, 3.8) is 0 Å². The van der Waals surface area contributed by atoms with E-state index < -0.39 is 35.7 Å². The zero-order chi connectivity index (χ0) is 24.3. The fourth-order valence-corrected chi connectivity index (χ4v) is 3.97. The van der Waals surface area contributed by atoms with Gasteiger partial charge >= 0.3 is 6.03 Å². The van der Waals surface area contributed by atoms with Gasteiger partial charge in [0, 0.05) is 17.7 Å². The average molecular weight is 461 g/mol. The molecule has 0 aromatic heterocycles. The number of hydrogen-bond acceptors (Lipinski definition) is 4. The minimum Gasteiger partial charge on any atom is -0.496 e. The zero-order valence-electron chi connectivity index (χ0n) is 18.8. The Morgan fingerprint density at radius 1 is 1.06 bits per heavy atom. The van der Waals surface area contributed by atoms with Gasteiger partial charge in [0.15, 0.2) is 0 Å². The summed E-state index contributed by atoms with van der Waals surface area (Å²) in [5, 5.41) is 5.35. The number of amides is 4. The summed E-state index contributed by atoms with van der Waals surface area (Å²) in [5.74, 6) is -0.876. The number of anilines is 1. The van der Waals surface area contributed by atoms with Crippen LogP contribution in [0, 0.1) is 5.82 Å². The van der Waals surface area contributed by atoms with Crippen molar-refractivity contribution in [2.45, 2.75) is 18.9 Å². The molecule has 8 heteroatoms. The molecule has 0 radical (unpaired) electrons. The number of rotatable bonds is 7. The molecule has 4 amide bonds. The third kappa shape index (κ3) is 4.61. The summed E-state index contributed by atoms with van der Waals surface area (Å²) in [5.41, 5.74) is 1.53. The maximum atomic E-state index is 13.3. The molecule has 1 aliphatic heterocycles. The number of methoxy groups -OCH3 is 1. The van der Waals surface area contributed by atoms with Crippen LogP contribution < -0.4 is 15.4 Å². The molecule has 1 unspecified atom stereocenters. The molecule has 7 nitrogen and oxygen atoms in total. The highest BCUT2D eigenvalue weighted by Crippen LogP contribution is 2.29. The first-order valence-corrected chi connectivity index (χ1v) is 10.7. The molecule has 1 saturated heterocycles. The fourth-order valence-electron chi connectivity index (χ4n) is 3.97.